The Balaban J connectivity index is 3.44. The molecule has 0 saturated heterocycles. The number of aliphatic hydroxyl groups is 1. The van der Waals surface area contributed by atoms with Gasteiger partial charge >= 0.3 is 5.97 Å². The normalized spacial score (nSPS) is 9.38. The van der Waals surface area contributed by atoms with Crippen LogP contribution in [0, 0.1) is 11.3 Å². The van der Waals surface area contributed by atoms with Crippen molar-refractivity contribution in [3.05, 3.63) is 28.8 Å². The van der Waals surface area contributed by atoms with E-state index in [4.69, 9.17) is 15.1 Å². The van der Waals surface area contributed by atoms with Crippen LogP contribution >= 0.6 is 0 Å². The van der Waals surface area contributed by atoms with Crippen LogP contribution in [0.2, 0.25) is 0 Å². The van der Waals surface area contributed by atoms with Crippen LogP contribution in [-0.2, 0) is 11.3 Å². The van der Waals surface area contributed by atoms with Gasteiger partial charge in [0.25, 0.3) is 0 Å². The molecule has 0 radical (unpaired) electrons. The van der Waals surface area contributed by atoms with Gasteiger partial charge in [-0.15, -0.1) is 0 Å². The first-order valence-corrected chi connectivity index (χ1v) is 4.48. The number of methoxy groups -OCH3 is 2. The SMILES string of the molecule is COC(=O)c1cc(C#N)cc(OC)c1CO. The molecule has 1 aromatic rings. The lowest BCUT2D eigenvalue weighted by atomic mass is 10.0. The monoisotopic (exact) mass is 221 g/mol. The second-order valence-corrected chi connectivity index (χ2v) is 2.97. The van der Waals surface area contributed by atoms with Crippen LogP contribution in [0.5, 0.6) is 5.75 Å². The number of carbonyl (C=O) groups excluding carboxylic acids is 1. The van der Waals surface area contributed by atoms with Crippen LogP contribution in [0.25, 0.3) is 0 Å². The predicted octanol–water partition coefficient (Wildman–Crippen LogP) is 0.846. The van der Waals surface area contributed by atoms with E-state index < -0.39 is 5.97 Å². The summed E-state index contributed by atoms with van der Waals surface area (Å²) in [6.07, 6.45) is 0. The van der Waals surface area contributed by atoms with Crippen molar-refractivity contribution >= 4 is 5.97 Å². The molecule has 5 heteroatoms. The van der Waals surface area contributed by atoms with E-state index in [1.807, 2.05) is 6.07 Å². The van der Waals surface area contributed by atoms with E-state index in [0.717, 1.165) is 0 Å². The van der Waals surface area contributed by atoms with Crippen molar-refractivity contribution in [3.63, 3.8) is 0 Å². The van der Waals surface area contributed by atoms with E-state index in [9.17, 15) is 4.79 Å². The van der Waals surface area contributed by atoms with Crippen molar-refractivity contribution in [2.24, 2.45) is 0 Å². The van der Waals surface area contributed by atoms with Gasteiger partial charge in [0.15, 0.2) is 0 Å². The molecule has 0 amide bonds. The molecule has 0 bridgehead atoms. The maximum Gasteiger partial charge on any atom is 0.338 e. The fourth-order valence-electron chi connectivity index (χ4n) is 1.35. The average molecular weight is 221 g/mol. The Hall–Kier alpha value is -2.06. The second-order valence-electron chi connectivity index (χ2n) is 2.97. The Morgan fingerprint density at radius 2 is 2.19 bits per heavy atom. The number of esters is 1. The number of nitrogens with zero attached hydrogens (tertiary/aromatic N) is 1. The standard InChI is InChI=1S/C11H11NO4/c1-15-10-4-7(5-12)3-8(9(10)6-13)11(14)16-2/h3-4,13H,6H2,1-2H3. The minimum Gasteiger partial charge on any atom is -0.496 e. The summed E-state index contributed by atoms with van der Waals surface area (Å²) in [7, 11) is 2.63. The van der Waals surface area contributed by atoms with Crippen LogP contribution in [0.15, 0.2) is 12.1 Å². The topological polar surface area (TPSA) is 79.6 Å². The molecular weight excluding hydrogens is 210 g/mol. The summed E-state index contributed by atoms with van der Waals surface area (Å²) < 4.78 is 9.56. The fraction of sp³-hybridized carbons (Fsp3) is 0.273. The summed E-state index contributed by atoms with van der Waals surface area (Å²) in [4.78, 5) is 11.4. The molecule has 0 unspecified atom stereocenters. The number of rotatable bonds is 3. The van der Waals surface area contributed by atoms with E-state index in [0.29, 0.717) is 11.3 Å². The number of hydrogen-bond acceptors (Lipinski definition) is 5. The maximum absolute atomic E-state index is 11.4. The Morgan fingerprint density at radius 3 is 2.62 bits per heavy atom. The largest absolute Gasteiger partial charge is 0.496 e. The Bertz CT molecular complexity index is 448. The fourth-order valence-corrected chi connectivity index (χ4v) is 1.35. The lowest BCUT2D eigenvalue weighted by Crippen LogP contribution is -2.08. The lowest BCUT2D eigenvalue weighted by Gasteiger charge is -2.11. The Kier molecular flexibility index (Phi) is 3.86. The Labute approximate surface area is 92.8 Å². The van der Waals surface area contributed by atoms with Crippen LogP contribution in [0.1, 0.15) is 21.5 Å². The highest BCUT2D eigenvalue weighted by molar-refractivity contribution is 5.92. The molecule has 0 saturated carbocycles. The zero-order valence-corrected chi connectivity index (χ0v) is 8.98. The van der Waals surface area contributed by atoms with Gasteiger partial charge in [-0.05, 0) is 12.1 Å². The molecule has 84 valence electrons. The third-order valence-corrected chi connectivity index (χ3v) is 2.12. The van der Waals surface area contributed by atoms with Gasteiger partial charge in [0.1, 0.15) is 5.75 Å². The van der Waals surface area contributed by atoms with Crippen molar-refractivity contribution in [3.8, 4) is 11.8 Å². The molecule has 1 aromatic carbocycles. The van der Waals surface area contributed by atoms with Gasteiger partial charge in [-0.1, -0.05) is 0 Å². The van der Waals surface area contributed by atoms with Crippen LogP contribution < -0.4 is 4.74 Å². The predicted molar refractivity (Wildman–Crippen MR) is 55.0 cm³/mol. The molecule has 1 N–H and O–H groups in total. The van der Waals surface area contributed by atoms with Crippen molar-refractivity contribution in [1.29, 1.82) is 5.26 Å². The van der Waals surface area contributed by atoms with E-state index in [1.54, 1.807) is 0 Å². The maximum atomic E-state index is 11.4. The number of ether oxygens (including phenoxy) is 2. The third kappa shape index (κ3) is 2.12. The number of aliphatic hydroxyl groups excluding tert-OH is 1. The molecule has 0 heterocycles. The van der Waals surface area contributed by atoms with E-state index in [1.165, 1.54) is 26.4 Å². The van der Waals surface area contributed by atoms with Crippen molar-refractivity contribution in [1.82, 2.24) is 0 Å². The Morgan fingerprint density at radius 1 is 1.50 bits per heavy atom. The molecule has 16 heavy (non-hydrogen) atoms. The molecule has 0 fully saturated rings. The first kappa shape index (κ1) is 12.0. The summed E-state index contributed by atoms with van der Waals surface area (Å²) in [6.45, 7) is -0.362. The summed E-state index contributed by atoms with van der Waals surface area (Å²) in [6, 6.07) is 4.72. The molecule has 0 aromatic heterocycles. The summed E-state index contributed by atoms with van der Waals surface area (Å²) >= 11 is 0. The third-order valence-electron chi connectivity index (χ3n) is 2.12. The number of benzene rings is 1. The smallest absolute Gasteiger partial charge is 0.338 e. The summed E-state index contributed by atoms with van der Waals surface area (Å²) in [5.41, 5.74) is 0.726. The minimum absolute atomic E-state index is 0.140. The minimum atomic E-state index is -0.612. The highest BCUT2D eigenvalue weighted by atomic mass is 16.5. The van der Waals surface area contributed by atoms with Crippen LogP contribution in [0.3, 0.4) is 0 Å². The van der Waals surface area contributed by atoms with Gasteiger partial charge in [0.05, 0.1) is 38.0 Å². The molecule has 1 rings (SSSR count). The van der Waals surface area contributed by atoms with Gasteiger partial charge < -0.3 is 14.6 Å². The van der Waals surface area contributed by atoms with Gasteiger partial charge in [-0.3, -0.25) is 0 Å². The average Bonchev–Trinajstić information content (AvgIpc) is 2.35. The first-order chi connectivity index (χ1) is 7.67. The van der Waals surface area contributed by atoms with Crippen molar-refractivity contribution in [2.75, 3.05) is 14.2 Å². The molecule has 0 aliphatic heterocycles. The van der Waals surface area contributed by atoms with Crippen molar-refractivity contribution in [2.45, 2.75) is 6.61 Å². The molecular formula is C11H11NO4. The summed E-state index contributed by atoms with van der Waals surface area (Å²) in [5.74, 6) is -0.318. The van der Waals surface area contributed by atoms with Crippen LogP contribution in [-0.4, -0.2) is 25.3 Å². The molecule has 0 aliphatic rings. The van der Waals surface area contributed by atoms with E-state index in [2.05, 4.69) is 4.74 Å². The quantitative estimate of drug-likeness (QED) is 0.765. The van der Waals surface area contributed by atoms with E-state index in [-0.39, 0.29) is 17.7 Å². The number of carbonyl (C=O) groups is 1. The molecule has 0 aliphatic carbocycles. The number of nitriles is 1. The van der Waals surface area contributed by atoms with Crippen molar-refractivity contribution < 1.29 is 19.4 Å². The van der Waals surface area contributed by atoms with E-state index >= 15 is 0 Å². The lowest BCUT2D eigenvalue weighted by molar-refractivity contribution is 0.0596. The zero-order valence-electron chi connectivity index (χ0n) is 8.98. The number of hydrogen-bond donors (Lipinski definition) is 1. The highest BCUT2D eigenvalue weighted by Crippen LogP contribution is 2.25. The van der Waals surface area contributed by atoms with Gasteiger partial charge in [0.2, 0.25) is 0 Å². The van der Waals surface area contributed by atoms with Gasteiger partial charge in [-0.2, -0.15) is 5.26 Å². The molecule has 5 nitrogen and oxygen atoms in total. The zero-order chi connectivity index (χ0) is 12.1. The molecule has 0 spiro atoms. The molecule has 0 atom stereocenters. The second kappa shape index (κ2) is 5.14. The first-order valence-electron chi connectivity index (χ1n) is 4.48. The highest BCUT2D eigenvalue weighted by Gasteiger charge is 2.17. The van der Waals surface area contributed by atoms with Gasteiger partial charge in [-0.25, -0.2) is 4.79 Å². The summed E-state index contributed by atoms with van der Waals surface area (Å²) in [5, 5.41) is 17.9. The van der Waals surface area contributed by atoms with Gasteiger partial charge in [0, 0.05) is 5.56 Å². The van der Waals surface area contributed by atoms with Crippen LogP contribution in [0.4, 0.5) is 0 Å².